The maximum atomic E-state index is 12.3. The number of carbonyl (C=O) groups is 1. The number of Topliss-reactive ketones (excluding diaryl/α,β-unsaturated/α-hetero) is 1. The third-order valence-corrected chi connectivity index (χ3v) is 3.15. The summed E-state index contributed by atoms with van der Waals surface area (Å²) in [6.45, 7) is 0. The first-order valence-electron chi connectivity index (χ1n) is 5.87. The average Bonchev–Trinajstić information content (AvgIpc) is 2.83. The largest absolute Gasteiger partial charge is 0.289 e. The Balaban J connectivity index is 2.03. The highest BCUT2D eigenvalue weighted by Crippen LogP contribution is 2.22. The summed E-state index contributed by atoms with van der Waals surface area (Å²) in [6, 6.07) is 0. The number of nitrogens with zero attached hydrogens (tertiary/aromatic N) is 3. The maximum Gasteiger partial charge on any atom is 0.192 e. The summed E-state index contributed by atoms with van der Waals surface area (Å²) in [5.74, 6) is 0.104. The number of hydrogen-bond donors (Lipinski definition) is 0. The third-order valence-electron chi connectivity index (χ3n) is 3.15. The fourth-order valence-electron chi connectivity index (χ4n) is 2.23. The van der Waals surface area contributed by atoms with Gasteiger partial charge in [-0.2, -0.15) is 5.10 Å². The number of aromatic nitrogens is 3. The average molecular weight is 227 g/mol. The molecule has 2 aromatic rings. The summed E-state index contributed by atoms with van der Waals surface area (Å²) in [4.78, 5) is 16.4. The minimum Gasteiger partial charge on any atom is -0.289 e. The van der Waals surface area contributed by atoms with Crippen LogP contribution in [0.3, 0.4) is 0 Å². The molecule has 1 aliphatic carbocycles. The van der Waals surface area contributed by atoms with E-state index in [2.05, 4.69) is 16.2 Å². The van der Waals surface area contributed by atoms with Crippen LogP contribution >= 0.6 is 0 Å². The predicted molar refractivity (Wildman–Crippen MR) is 63.9 cm³/mol. The lowest BCUT2D eigenvalue weighted by Gasteiger charge is -2.10. The first kappa shape index (κ1) is 10.2. The first-order chi connectivity index (χ1) is 8.36. The fourth-order valence-corrected chi connectivity index (χ4v) is 2.23. The van der Waals surface area contributed by atoms with Crippen LogP contribution in [0.5, 0.6) is 0 Å². The molecule has 0 atom stereocenters. The van der Waals surface area contributed by atoms with Crippen molar-refractivity contribution in [1.29, 1.82) is 0 Å². The van der Waals surface area contributed by atoms with Gasteiger partial charge >= 0.3 is 0 Å². The number of rotatable bonds is 2. The highest BCUT2D eigenvalue weighted by Gasteiger charge is 2.18. The van der Waals surface area contributed by atoms with Crippen molar-refractivity contribution in [3.8, 4) is 0 Å². The van der Waals surface area contributed by atoms with Crippen LogP contribution in [0.25, 0.3) is 5.52 Å². The van der Waals surface area contributed by atoms with Crippen LogP contribution in [0.15, 0.2) is 36.4 Å². The summed E-state index contributed by atoms with van der Waals surface area (Å²) in [6.07, 6.45) is 13.0. The van der Waals surface area contributed by atoms with Gasteiger partial charge < -0.3 is 0 Å². The monoisotopic (exact) mass is 227 g/mol. The van der Waals surface area contributed by atoms with Crippen molar-refractivity contribution in [2.24, 2.45) is 0 Å². The van der Waals surface area contributed by atoms with Crippen LogP contribution in [0.1, 0.15) is 36.0 Å². The van der Waals surface area contributed by atoms with Gasteiger partial charge in [0.25, 0.3) is 0 Å². The maximum absolute atomic E-state index is 12.3. The molecule has 0 N–H and O–H groups in total. The summed E-state index contributed by atoms with van der Waals surface area (Å²) in [5.41, 5.74) is 2.37. The van der Waals surface area contributed by atoms with Crippen molar-refractivity contribution < 1.29 is 4.79 Å². The van der Waals surface area contributed by atoms with E-state index in [1.807, 2.05) is 0 Å². The number of fused-ring (bicyclic) bond motifs is 1. The Labute approximate surface area is 99.0 Å². The molecule has 4 nitrogen and oxygen atoms in total. The Hall–Kier alpha value is -1.97. The van der Waals surface area contributed by atoms with E-state index in [0.29, 0.717) is 5.56 Å². The Bertz CT molecular complexity index is 597. The Kier molecular flexibility index (Phi) is 2.48. The van der Waals surface area contributed by atoms with Gasteiger partial charge in [0, 0.05) is 12.4 Å². The highest BCUT2D eigenvalue weighted by molar-refractivity contribution is 6.12. The molecule has 0 aliphatic heterocycles. The van der Waals surface area contributed by atoms with Crippen molar-refractivity contribution in [1.82, 2.24) is 14.6 Å². The van der Waals surface area contributed by atoms with E-state index in [4.69, 9.17) is 0 Å². The molecule has 4 heteroatoms. The molecule has 0 unspecified atom stereocenters. The second kappa shape index (κ2) is 4.13. The van der Waals surface area contributed by atoms with Crippen molar-refractivity contribution in [3.63, 3.8) is 0 Å². The lowest BCUT2D eigenvalue weighted by Crippen LogP contribution is -2.06. The second-order valence-electron chi connectivity index (χ2n) is 4.27. The molecule has 2 aromatic heterocycles. The van der Waals surface area contributed by atoms with Crippen molar-refractivity contribution in [2.45, 2.75) is 25.7 Å². The van der Waals surface area contributed by atoms with Crippen LogP contribution in [0.4, 0.5) is 0 Å². The van der Waals surface area contributed by atoms with Gasteiger partial charge in [-0.05, 0) is 31.3 Å². The second-order valence-corrected chi connectivity index (χ2v) is 4.27. The number of carbonyl (C=O) groups excluding carboxylic acids is 1. The van der Waals surface area contributed by atoms with Crippen molar-refractivity contribution in [3.05, 3.63) is 42.0 Å². The Morgan fingerprint density at radius 3 is 3.06 bits per heavy atom. The zero-order chi connectivity index (χ0) is 11.7. The smallest absolute Gasteiger partial charge is 0.192 e. The van der Waals surface area contributed by atoms with E-state index < -0.39 is 0 Å². The van der Waals surface area contributed by atoms with Gasteiger partial charge in [-0.25, -0.2) is 4.52 Å². The molecule has 0 aromatic carbocycles. The van der Waals surface area contributed by atoms with Gasteiger partial charge in [-0.3, -0.25) is 9.78 Å². The molecule has 0 fully saturated rings. The Morgan fingerprint density at radius 1 is 1.29 bits per heavy atom. The number of hydrogen-bond acceptors (Lipinski definition) is 3. The predicted octanol–water partition coefficient (Wildman–Crippen LogP) is 2.41. The minimum absolute atomic E-state index is 0.104. The van der Waals surface area contributed by atoms with Crippen LogP contribution in [-0.4, -0.2) is 20.4 Å². The van der Waals surface area contributed by atoms with Crippen LogP contribution in [-0.2, 0) is 0 Å². The summed E-state index contributed by atoms with van der Waals surface area (Å²) < 4.78 is 1.68. The van der Waals surface area contributed by atoms with E-state index in [1.165, 1.54) is 6.42 Å². The highest BCUT2D eigenvalue weighted by atomic mass is 16.1. The third kappa shape index (κ3) is 1.75. The molecular weight excluding hydrogens is 214 g/mol. The zero-order valence-corrected chi connectivity index (χ0v) is 9.47. The van der Waals surface area contributed by atoms with Crippen molar-refractivity contribution in [2.75, 3.05) is 0 Å². The standard InChI is InChI=1S/C13H13N3O/c17-13(10-4-2-1-3-5-10)11-8-15-16-7-6-14-9-12(11)16/h4,6-9H,1-3,5H2. The van der Waals surface area contributed by atoms with Crippen molar-refractivity contribution >= 4 is 11.3 Å². The van der Waals surface area contributed by atoms with E-state index >= 15 is 0 Å². The van der Waals surface area contributed by atoms with E-state index in [1.54, 1.807) is 29.3 Å². The molecule has 1 aliphatic rings. The molecule has 17 heavy (non-hydrogen) atoms. The zero-order valence-electron chi connectivity index (χ0n) is 9.47. The lowest BCUT2D eigenvalue weighted by molar-refractivity contribution is 0.103. The molecule has 0 bridgehead atoms. The summed E-state index contributed by atoms with van der Waals surface area (Å²) >= 11 is 0. The Morgan fingerprint density at radius 2 is 2.24 bits per heavy atom. The minimum atomic E-state index is 0.104. The normalized spacial score (nSPS) is 15.9. The lowest BCUT2D eigenvalue weighted by atomic mass is 9.94. The molecule has 0 amide bonds. The van der Waals surface area contributed by atoms with E-state index in [0.717, 1.165) is 30.4 Å². The van der Waals surface area contributed by atoms with Gasteiger partial charge in [0.05, 0.1) is 23.5 Å². The molecule has 0 spiro atoms. The SMILES string of the molecule is O=C(C1=CCCCC1)c1cnn2ccncc12. The van der Waals surface area contributed by atoms with E-state index in [-0.39, 0.29) is 5.78 Å². The summed E-state index contributed by atoms with van der Waals surface area (Å²) in [7, 11) is 0. The van der Waals surface area contributed by atoms with E-state index in [9.17, 15) is 4.79 Å². The van der Waals surface area contributed by atoms with Crippen LogP contribution < -0.4 is 0 Å². The number of ketones is 1. The molecule has 0 radical (unpaired) electrons. The molecule has 86 valence electrons. The van der Waals surface area contributed by atoms with Gasteiger partial charge in [0.15, 0.2) is 5.78 Å². The molecule has 3 rings (SSSR count). The molecule has 2 heterocycles. The number of allylic oxidation sites excluding steroid dienone is 2. The van der Waals surface area contributed by atoms with Gasteiger partial charge in [0.1, 0.15) is 0 Å². The first-order valence-corrected chi connectivity index (χ1v) is 5.87. The molecule has 0 saturated heterocycles. The quantitative estimate of drug-likeness (QED) is 0.740. The van der Waals surface area contributed by atoms with Gasteiger partial charge in [-0.1, -0.05) is 6.08 Å². The van der Waals surface area contributed by atoms with Crippen LogP contribution in [0.2, 0.25) is 0 Å². The molecular formula is C13H13N3O. The van der Waals surface area contributed by atoms with Gasteiger partial charge in [-0.15, -0.1) is 0 Å². The molecule has 0 saturated carbocycles. The summed E-state index contributed by atoms with van der Waals surface area (Å²) in [5, 5.41) is 4.16. The fraction of sp³-hybridized carbons (Fsp3) is 0.308. The van der Waals surface area contributed by atoms with Gasteiger partial charge in [0.2, 0.25) is 0 Å². The topological polar surface area (TPSA) is 47.3 Å². The van der Waals surface area contributed by atoms with Crippen LogP contribution in [0, 0.1) is 0 Å².